The first kappa shape index (κ1) is 20.3. The van der Waals surface area contributed by atoms with Crippen molar-refractivity contribution in [3.05, 3.63) is 60.2 Å². The second-order valence-electron chi connectivity index (χ2n) is 7.91. The Balaban J connectivity index is 1.51. The lowest BCUT2D eigenvalue weighted by Gasteiger charge is -2.36. The van der Waals surface area contributed by atoms with Crippen molar-refractivity contribution in [2.75, 3.05) is 31.1 Å². The second-order valence-corrected chi connectivity index (χ2v) is 7.91. The maximum atomic E-state index is 12.6. The number of piperazine rings is 1. The number of nitrogens with zero attached hydrogens (tertiary/aromatic N) is 4. The Morgan fingerprint density at radius 3 is 2.33 bits per heavy atom. The Morgan fingerprint density at radius 1 is 0.967 bits per heavy atom. The molecule has 1 saturated heterocycles. The summed E-state index contributed by atoms with van der Waals surface area (Å²) in [6, 6.07) is 19.1. The molecule has 2 aromatic carbocycles. The molecule has 2 heterocycles. The Hall–Kier alpha value is -3.02. The van der Waals surface area contributed by atoms with E-state index in [0.717, 1.165) is 49.5 Å². The minimum Gasteiger partial charge on any atom is -0.339 e. The summed E-state index contributed by atoms with van der Waals surface area (Å²) >= 11 is 0. The van der Waals surface area contributed by atoms with Crippen molar-refractivity contribution >= 4 is 23.0 Å². The summed E-state index contributed by atoms with van der Waals surface area (Å²) in [5.74, 6) is 0.986. The average Bonchev–Trinajstić information content (AvgIpc) is 3.16. The molecule has 6 heteroatoms. The minimum absolute atomic E-state index is 0.0566. The highest BCUT2D eigenvalue weighted by Gasteiger charge is 2.25. The van der Waals surface area contributed by atoms with Crippen LogP contribution < -0.4 is 10.2 Å². The SMILES string of the molecule is CCC(CC)NC(=O)N1CCN(c2nc3ccccc3n2Cc2ccccc2)CC1. The summed E-state index contributed by atoms with van der Waals surface area (Å²) in [7, 11) is 0. The number of amides is 2. The van der Waals surface area contributed by atoms with Gasteiger partial charge in [-0.25, -0.2) is 9.78 Å². The highest BCUT2D eigenvalue weighted by Crippen LogP contribution is 2.25. The molecule has 4 rings (SSSR count). The first-order chi connectivity index (χ1) is 14.7. The molecule has 0 spiro atoms. The number of rotatable bonds is 6. The summed E-state index contributed by atoms with van der Waals surface area (Å²) in [5.41, 5.74) is 3.41. The third-order valence-electron chi connectivity index (χ3n) is 5.98. The van der Waals surface area contributed by atoms with Gasteiger partial charge in [0.15, 0.2) is 0 Å². The first-order valence-electron chi connectivity index (χ1n) is 11.0. The topological polar surface area (TPSA) is 53.4 Å². The number of hydrogen-bond donors (Lipinski definition) is 1. The standard InChI is InChI=1S/C24H31N5O/c1-3-20(4-2)25-24(30)28-16-14-27(15-17-28)23-26-21-12-8-9-13-22(21)29(23)18-19-10-6-5-7-11-19/h5-13,20H,3-4,14-18H2,1-2H3,(H,25,30). The quantitative estimate of drug-likeness (QED) is 0.672. The van der Waals surface area contributed by atoms with Crippen LogP contribution in [0.5, 0.6) is 0 Å². The van der Waals surface area contributed by atoms with Gasteiger partial charge in [-0.15, -0.1) is 0 Å². The fourth-order valence-electron chi connectivity index (χ4n) is 4.09. The van der Waals surface area contributed by atoms with Crippen molar-refractivity contribution in [1.29, 1.82) is 0 Å². The van der Waals surface area contributed by atoms with Gasteiger partial charge >= 0.3 is 6.03 Å². The van der Waals surface area contributed by atoms with Crippen LogP contribution in [0.2, 0.25) is 0 Å². The molecule has 1 aliphatic rings. The molecule has 6 nitrogen and oxygen atoms in total. The molecule has 0 unspecified atom stereocenters. The molecule has 1 aliphatic heterocycles. The fraction of sp³-hybridized carbons (Fsp3) is 0.417. The number of carbonyl (C=O) groups is 1. The van der Waals surface area contributed by atoms with Crippen LogP contribution in [-0.2, 0) is 6.54 Å². The Labute approximate surface area is 178 Å². The summed E-state index contributed by atoms with van der Waals surface area (Å²) < 4.78 is 2.30. The van der Waals surface area contributed by atoms with Gasteiger partial charge in [-0.3, -0.25) is 0 Å². The van der Waals surface area contributed by atoms with Crippen LogP contribution in [0.25, 0.3) is 11.0 Å². The van der Waals surface area contributed by atoms with Crippen LogP contribution in [0.1, 0.15) is 32.3 Å². The highest BCUT2D eigenvalue weighted by molar-refractivity contribution is 5.79. The van der Waals surface area contributed by atoms with Crippen LogP contribution in [0.15, 0.2) is 54.6 Å². The normalized spacial score (nSPS) is 14.5. The number of imidazole rings is 1. The largest absolute Gasteiger partial charge is 0.339 e. The summed E-state index contributed by atoms with van der Waals surface area (Å²) in [4.78, 5) is 21.8. The van der Waals surface area contributed by atoms with E-state index < -0.39 is 0 Å². The van der Waals surface area contributed by atoms with Crippen molar-refractivity contribution in [2.45, 2.75) is 39.3 Å². The maximum absolute atomic E-state index is 12.6. The molecule has 3 aromatic rings. The number of para-hydroxylation sites is 2. The van der Waals surface area contributed by atoms with E-state index in [-0.39, 0.29) is 12.1 Å². The lowest BCUT2D eigenvalue weighted by molar-refractivity contribution is 0.189. The number of fused-ring (bicyclic) bond motifs is 1. The van der Waals surface area contributed by atoms with Crippen LogP contribution in [-0.4, -0.2) is 52.7 Å². The average molecular weight is 406 g/mol. The van der Waals surface area contributed by atoms with Gasteiger partial charge in [-0.05, 0) is 30.5 Å². The Bertz CT molecular complexity index is 972. The molecule has 0 atom stereocenters. The second kappa shape index (κ2) is 9.20. The van der Waals surface area contributed by atoms with Gasteiger partial charge in [0, 0.05) is 32.2 Å². The molecule has 0 saturated carbocycles. The number of aromatic nitrogens is 2. The van der Waals surface area contributed by atoms with Gasteiger partial charge in [-0.1, -0.05) is 56.3 Å². The van der Waals surface area contributed by atoms with Gasteiger partial charge in [-0.2, -0.15) is 0 Å². The van der Waals surface area contributed by atoms with Crippen molar-refractivity contribution < 1.29 is 4.79 Å². The molecule has 1 fully saturated rings. The minimum atomic E-state index is 0.0566. The summed E-state index contributed by atoms with van der Waals surface area (Å²) in [6.07, 6.45) is 1.93. The van der Waals surface area contributed by atoms with E-state index >= 15 is 0 Å². The third kappa shape index (κ3) is 4.27. The third-order valence-corrected chi connectivity index (χ3v) is 5.98. The summed E-state index contributed by atoms with van der Waals surface area (Å²) in [5, 5.41) is 3.15. The molecule has 0 radical (unpaired) electrons. The van der Waals surface area contributed by atoms with Gasteiger partial charge in [0.2, 0.25) is 5.95 Å². The molecule has 1 N–H and O–H groups in total. The van der Waals surface area contributed by atoms with E-state index in [1.807, 2.05) is 17.0 Å². The van der Waals surface area contributed by atoms with Gasteiger partial charge in [0.1, 0.15) is 0 Å². The number of nitrogens with one attached hydrogen (secondary N) is 1. The van der Waals surface area contributed by atoms with Gasteiger partial charge < -0.3 is 19.7 Å². The smallest absolute Gasteiger partial charge is 0.317 e. The van der Waals surface area contributed by atoms with Crippen LogP contribution in [0.4, 0.5) is 10.7 Å². The van der Waals surface area contributed by atoms with E-state index in [2.05, 4.69) is 71.1 Å². The molecule has 0 aliphatic carbocycles. The summed E-state index contributed by atoms with van der Waals surface area (Å²) in [6.45, 7) is 8.00. The Kier molecular flexibility index (Phi) is 6.21. The van der Waals surface area contributed by atoms with E-state index in [1.165, 1.54) is 5.56 Å². The number of carbonyl (C=O) groups excluding carboxylic acids is 1. The Morgan fingerprint density at radius 2 is 1.63 bits per heavy atom. The molecule has 158 valence electrons. The predicted molar refractivity (Wildman–Crippen MR) is 122 cm³/mol. The molecular weight excluding hydrogens is 374 g/mol. The molecular formula is C24H31N5O. The molecule has 1 aromatic heterocycles. The zero-order valence-electron chi connectivity index (χ0n) is 17.9. The van der Waals surface area contributed by atoms with Crippen LogP contribution in [0, 0.1) is 0 Å². The number of anilines is 1. The number of urea groups is 1. The maximum Gasteiger partial charge on any atom is 0.317 e. The van der Waals surface area contributed by atoms with Gasteiger partial charge in [0.25, 0.3) is 0 Å². The molecule has 0 bridgehead atoms. The van der Waals surface area contributed by atoms with Crippen molar-refractivity contribution in [3.8, 4) is 0 Å². The molecule has 2 amide bonds. The predicted octanol–water partition coefficient (Wildman–Crippen LogP) is 4.10. The lowest BCUT2D eigenvalue weighted by Crippen LogP contribution is -2.53. The van der Waals surface area contributed by atoms with Gasteiger partial charge in [0.05, 0.1) is 17.6 Å². The fourth-order valence-corrected chi connectivity index (χ4v) is 4.09. The van der Waals surface area contributed by atoms with Crippen LogP contribution >= 0.6 is 0 Å². The monoisotopic (exact) mass is 405 g/mol. The van der Waals surface area contributed by atoms with E-state index in [1.54, 1.807) is 0 Å². The van der Waals surface area contributed by atoms with Crippen molar-refractivity contribution in [1.82, 2.24) is 19.8 Å². The van der Waals surface area contributed by atoms with Crippen molar-refractivity contribution in [2.24, 2.45) is 0 Å². The zero-order chi connectivity index (χ0) is 20.9. The molecule has 30 heavy (non-hydrogen) atoms. The lowest BCUT2D eigenvalue weighted by atomic mass is 10.2. The zero-order valence-corrected chi connectivity index (χ0v) is 17.9. The van der Waals surface area contributed by atoms with E-state index in [0.29, 0.717) is 13.1 Å². The van der Waals surface area contributed by atoms with Crippen molar-refractivity contribution in [3.63, 3.8) is 0 Å². The van der Waals surface area contributed by atoms with E-state index in [4.69, 9.17) is 4.98 Å². The highest BCUT2D eigenvalue weighted by atomic mass is 16.2. The number of benzene rings is 2. The number of hydrogen-bond acceptors (Lipinski definition) is 3. The first-order valence-corrected chi connectivity index (χ1v) is 11.0. The van der Waals surface area contributed by atoms with E-state index in [9.17, 15) is 4.79 Å². The van der Waals surface area contributed by atoms with Crippen LogP contribution in [0.3, 0.4) is 0 Å².